The van der Waals surface area contributed by atoms with E-state index in [1.54, 1.807) is 13.2 Å². The van der Waals surface area contributed by atoms with Crippen molar-refractivity contribution in [3.63, 3.8) is 0 Å². The van der Waals surface area contributed by atoms with Crippen LogP contribution in [0, 0.1) is 0 Å². The average molecular weight is 296 g/mol. The number of benzene rings is 2. The lowest BCUT2D eigenvalue weighted by Crippen LogP contribution is -1.85. The van der Waals surface area contributed by atoms with Crippen molar-refractivity contribution in [3.05, 3.63) is 71.8 Å². The predicted molar refractivity (Wildman–Crippen MR) is 91.5 cm³/mol. The van der Waals surface area contributed by atoms with Crippen LogP contribution < -0.4 is 4.74 Å². The average Bonchev–Trinajstić information content (AvgIpc) is 2.54. The Labute approximate surface area is 133 Å². The summed E-state index contributed by atoms with van der Waals surface area (Å²) in [5.41, 5.74) is 2.51. The number of phenols is 1. The summed E-state index contributed by atoms with van der Waals surface area (Å²) in [7, 11) is 1.69. The molecule has 0 radical (unpaired) electrons. The number of phenolic OH excluding ortho intramolecular Hbond substituents is 1. The Bertz CT molecular complexity index is 585. The molecule has 0 spiro atoms. The van der Waals surface area contributed by atoms with E-state index in [9.17, 15) is 5.11 Å². The summed E-state index contributed by atoms with van der Waals surface area (Å²) in [4.78, 5) is 0. The van der Waals surface area contributed by atoms with Crippen LogP contribution in [-0.4, -0.2) is 12.2 Å². The zero-order valence-electron chi connectivity index (χ0n) is 13.2. The minimum Gasteiger partial charge on any atom is -0.508 e. The Hall–Kier alpha value is -2.22. The van der Waals surface area contributed by atoms with Crippen LogP contribution in [0.3, 0.4) is 0 Å². The molecule has 0 aliphatic heterocycles. The van der Waals surface area contributed by atoms with E-state index in [1.165, 1.54) is 17.5 Å². The zero-order valence-corrected chi connectivity index (χ0v) is 13.2. The molecule has 0 amide bonds. The molecule has 2 aromatic carbocycles. The monoisotopic (exact) mass is 296 g/mol. The minimum atomic E-state index is 0.358. The van der Waals surface area contributed by atoms with E-state index in [0.29, 0.717) is 5.75 Å². The lowest BCUT2D eigenvalue weighted by atomic mass is 10.1. The lowest BCUT2D eigenvalue weighted by molar-refractivity contribution is 0.414. The molecule has 2 heteroatoms. The summed E-state index contributed by atoms with van der Waals surface area (Å²) in [6, 6.07) is 15.7. The van der Waals surface area contributed by atoms with Crippen molar-refractivity contribution in [1.29, 1.82) is 0 Å². The number of hydrogen-bond acceptors (Lipinski definition) is 2. The topological polar surface area (TPSA) is 29.5 Å². The van der Waals surface area contributed by atoms with Gasteiger partial charge in [-0.15, -0.1) is 0 Å². The SMILES string of the molecule is COc1ccc(C/C=C/CCCCc2cccc(O)c2)cc1. The number of ether oxygens (including phenoxy) is 1. The largest absolute Gasteiger partial charge is 0.508 e. The van der Waals surface area contributed by atoms with Gasteiger partial charge < -0.3 is 9.84 Å². The smallest absolute Gasteiger partial charge is 0.118 e. The Kier molecular flexibility index (Phi) is 6.56. The molecule has 0 aromatic heterocycles. The molecule has 2 aromatic rings. The van der Waals surface area contributed by atoms with Crippen LogP contribution in [0.5, 0.6) is 11.5 Å². The second-order valence-electron chi connectivity index (χ2n) is 5.44. The highest BCUT2D eigenvalue weighted by Gasteiger charge is 1.95. The maximum Gasteiger partial charge on any atom is 0.118 e. The van der Waals surface area contributed by atoms with E-state index >= 15 is 0 Å². The van der Waals surface area contributed by atoms with E-state index in [4.69, 9.17) is 4.74 Å². The molecule has 0 atom stereocenters. The van der Waals surface area contributed by atoms with Gasteiger partial charge in [0.05, 0.1) is 7.11 Å². The van der Waals surface area contributed by atoms with Crippen molar-refractivity contribution in [2.45, 2.75) is 32.1 Å². The van der Waals surface area contributed by atoms with Crippen LogP contribution in [0.4, 0.5) is 0 Å². The molecular weight excluding hydrogens is 272 g/mol. The maximum absolute atomic E-state index is 9.41. The summed E-state index contributed by atoms with van der Waals surface area (Å²) < 4.78 is 5.15. The summed E-state index contributed by atoms with van der Waals surface area (Å²) >= 11 is 0. The third kappa shape index (κ3) is 5.65. The maximum atomic E-state index is 9.41. The lowest BCUT2D eigenvalue weighted by Gasteiger charge is -2.01. The third-order valence-corrected chi connectivity index (χ3v) is 3.68. The van der Waals surface area contributed by atoms with Gasteiger partial charge in [-0.3, -0.25) is 0 Å². The molecule has 22 heavy (non-hydrogen) atoms. The van der Waals surface area contributed by atoms with Gasteiger partial charge in [-0.2, -0.15) is 0 Å². The van der Waals surface area contributed by atoms with Gasteiger partial charge in [0, 0.05) is 0 Å². The van der Waals surface area contributed by atoms with Gasteiger partial charge in [0.1, 0.15) is 11.5 Å². The minimum absolute atomic E-state index is 0.358. The molecule has 0 aliphatic carbocycles. The van der Waals surface area contributed by atoms with Gasteiger partial charge >= 0.3 is 0 Å². The number of rotatable bonds is 8. The van der Waals surface area contributed by atoms with Crippen molar-refractivity contribution in [1.82, 2.24) is 0 Å². The number of aryl methyl sites for hydroxylation is 1. The van der Waals surface area contributed by atoms with Crippen LogP contribution in [0.1, 0.15) is 30.4 Å². The first-order chi connectivity index (χ1) is 10.8. The fraction of sp³-hybridized carbons (Fsp3) is 0.300. The van der Waals surface area contributed by atoms with E-state index in [2.05, 4.69) is 30.4 Å². The van der Waals surface area contributed by atoms with Gasteiger partial charge in [-0.25, -0.2) is 0 Å². The normalized spacial score (nSPS) is 11.0. The molecule has 116 valence electrons. The first-order valence-electron chi connectivity index (χ1n) is 7.84. The highest BCUT2D eigenvalue weighted by Crippen LogP contribution is 2.14. The van der Waals surface area contributed by atoms with E-state index in [-0.39, 0.29) is 0 Å². The number of hydrogen-bond donors (Lipinski definition) is 1. The van der Waals surface area contributed by atoms with Gasteiger partial charge in [-0.1, -0.05) is 36.4 Å². The van der Waals surface area contributed by atoms with E-state index in [1.807, 2.05) is 24.3 Å². The van der Waals surface area contributed by atoms with Crippen LogP contribution in [0.2, 0.25) is 0 Å². The second-order valence-corrected chi connectivity index (χ2v) is 5.44. The Morgan fingerprint density at radius 3 is 2.50 bits per heavy atom. The number of unbranched alkanes of at least 4 members (excludes halogenated alkanes) is 2. The van der Waals surface area contributed by atoms with Gasteiger partial charge in [-0.05, 0) is 67.5 Å². The molecule has 2 rings (SSSR count). The summed E-state index contributed by atoms with van der Waals surface area (Å²) in [5, 5.41) is 9.41. The Balaban J connectivity index is 1.61. The zero-order chi connectivity index (χ0) is 15.6. The fourth-order valence-corrected chi connectivity index (χ4v) is 2.40. The fourth-order valence-electron chi connectivity index (χ4n) is 2.40. The van der Waals surface area contributed by atoms with Gasteiger partial charge in [0.15, 0.2) is 0 Å². The molecule has 0 unspecified atom stereocenters. The summed E-state index contributed by atoms with van der Waals surface area (Å²) in [6.07, 6.45) is 9.92. The highest BCUT2D eigenvalue weighted by molar-refractivity contribution is 5.28. The molecule has 0 bridgehead atoms. The first-order valence-corrected chi connectivity index (χ1v) is 7.84. The second kappa shape index (κ2) is 8.93. The molecule has 0 saturated heterocycles. The summed E-state index contributed by atoms with van der Waals surface area (Å²) in [5.74, 6) is 1.26. The van der Waals surface area contributed by atoms with Crippen molar-refractivity contribution in [3.8, 4) is 11.5 Å². The van der Waals surface area contributed by atoms with E-state index in [0.717, 1.165) is 31.4 Å². The standard InChI is InChI=1S/C20H24O2/c1-22-20-14-12-17(13-15-20)8-5-3-2-4-6-9-18-10-7-11-19(21)16-18/h3,5,7,10-16,21H,2,4,6,8-9H2,1H3/b5-3+. The van der Waals surface area contributed by atoms with Crippen molar-refractivity contribution < 1.29 is 9.84 Å². The van der Waals surface area contributed by atoms with Gasteiger partial charge in [0.2, 0.25) is 0 Å². The molecule has 0 saturated carbocycles. The molecule has 0 heterocycles. The van der Waals surface area contributed by atoms with Crippen molar-refractivity contribution in [2.75, 3.05) is 7.11 Å². The molecule has 2 nitrogen and oxygen atoms in total. The van der Waals surface area contributed by atoms with Crippen LogP contribution in [-0.2, 0) is 12.8 Å². The summed E-state index contributed by atoms with van der Waals surface area (Å²) in [6.45, 7) is 0. The molecule has 1 N–H and O–H groups in total. The van der Waals surface area contributed by atoms with Crippen molar-refractivity contribution in [2.24, 2.45) is 0 Å². The third-order valence-electron chi connectivity index (χ3n) is 3.68. The van der Waals surface area contributed by atoms with Crippen LogP contribution in [0.15, 0.2) is 60.7 Å². The highest BCUT2D eigenvalue weighted by atomic mass is 16.5. The molecule has 0 fully saturated rings. The predicted octanol–water partition coefficient (Wildman–Crippen LogP) is 4.91. The molecular formula is C20H24O2. The van der Waals surface area contributed by atoms with Gasteiger partial charge in [0.25, 0.3) is 0 Å². The molecule has 0 aliphatic rings. The quantitative estimate of drug-likeness (QED) is 0.554. The Morgan fingerprint density at radius 2 is 1.77 bits per heavy atom. The number of methoxy groups -OCH3 is 1. The first kappa shape index (κ1) is 16.2. The number of aromatic hydroxyl groups is 1. The van der Waals surface area contributed by atoms with Crippen molar-refractivity contribution >= 4 is 0 Å². The van der Waals surface area contributed by atoms with E-state index < -0.39 is 0 Å². The number of allylic oxidation sites excluding steroid dienone is 2. The Morgan fingerprint density at radius 1 is 0.955 bits per heavy atom. The van der Waals surface area contributed by atoms with Crippen LogP contribution in [0.25, 0.3) is 0 Å². The van der Waals surface area contributed by atoms with Crippen LogP contribution >= 0.6 is 0 Å².